The number of hydrogen-bond acceptors (Lipinski definition) is 7. The molecule has 0 aliphatic heterocycles. The first kappa shape index (κ1) is 24.0. The van der Waals surface area contributed by atoms with Crippen LogP contribution in [0.5, 0.6) is 5.75 Å². The highest BCUT2D eigenvalue weighted by Crippen LogP contribution is 2.31. The highest BCUT2D eigenvalue weighted by atomic mass is 32.2. The van der Waals surface area contributed by atoms with E-state index in [0.29, 0.717) is 23.8 Å². The maximum absolute atomic E-state index is 12.1. The summed E-state index contributed by atoms with van der Waals surface area (Å²) in [4.78, 5) is 24.2. The zero-order valence-electron chi connectivity index (χ0n) is 17.5. The molecule has 30 heavy (non-hydrogen) atoms. The lowest BCUT2D eigenvalue weighted by atomic mass is 10.1. The molecule has 1 aromatic carbocycles. The lowest BCUT2D eigenvalue weighted by molar-refractivity contribution is -0.155. The summed E-state index contributed by atoms with van der Waals surface area (Å²) in [5, 5.41) is 0. The molecular weight excluding hydrogens is 410 g/mol. The summed E-state index contributed by atoms with van der Waals surface area (Å²) in [6.45, 7) is 8.65. The molecule has 1 aliphatic carbocycles. The van der Waals surface area contributed by atoms with Gasteiger partial charge in [0.2, 0.25) is 0 Å². The van der Waals surface area contributed by atoms with E-state index in [1.807, 2.05) is 0 Å². The molecule has 0 saturated heterocycles. The first-order valence-electron chi connectivity index (χ1n) is 9.69. The fraction of sp³-hybridized carbons (Fsp3) is 0.524. The van der Waals surface area contributed by atoms with Crippen molar-refractivity contribution >= 4 is 23.2 Å². The van der Waals surface area contributed by atoms with Gasteiger partial charge in [-0.3, -0.25) is 9.00 Å². The normalized spacial score (nSPS) is 14.8. The fourth-order valence-electron chi connectivity index (χ4n) is 2.53. The van der Waals surface area contributed by atoms with Gasteiger partial charge in [-0.05, 0) is 51.7 Å². The average molecular weight is 439 g/mol. The predicted molar refractivity (Wildman–Crippen MR) is 110 cm³/mol. The van der Waals surface area contributed by atoms with Crippen molar-refractivity contribution in [2.24, 2.45) is 5.92 Å². The number of hydrogen-bond donors (Lipinski definition) is 0. The van der Waals surface area contributed by atoms with Crippen LogP contribution in [0.25, 0.3) is 0 Å². The van der Waals surface area contributed by atoms with Gasteiger partial charge in [-0.1, -0.05) is 18.7 Å². The maximum atomic E-state index is 12.1. The third-order valence-electron chi connectivity index (χ3n) is 4.09. The van der Waals surface area contributed by atoms with Gasteiger partial charge in [0.25, 0.3) is 0 Å². The van der Waals surface area contributed by atoms with Gasteiger partial charge in [0, 0.05) is 23.4 Å². The maximum Gasteiger partial charge on any atom is 0.338 e. The molecule has 0 radical (unpaired) electrons. The van der Waals surface area contributed by atoms with Gasteiger partial charge >= 0.3 is 11.9 Å². The van der Waals surface area contributed by atoms with E-state index in [2.05, 4.69) is 6.58 Å². The Labute approximate surface area is 179 Å². The van der Waals surface area contributed by atoms with E-state index in [-0.39, 0.29) is 18.7 Å². The van der Waals surface area contributed by atoms with Crippen LogP contribution in [0.2, 0.25) is 0 Å². The Balaban J connectivity index is 2.18. The lowest BCUT2D eigenvalue weighted by Crippen LogP contribution is -2.35. The van der Waals surface area contributed by atoms with Crippen molar-refractivity contribution in [3.05, 3.63) is 42.0 Å². The quantitative estimate of drug-likeness (QED) is 0.297. The molecule has 9 heteroatoms. The van der Waals surface area contributed by atoms with E-state index >= 15 is 0 Å². The minimum Gasteiger partial charge on any atom is -0.760 e. The Bertz CT molecular complexity index is 799. The number of nitrogens with zero attached hydrogens (tertiary/aromatic N) is 1. The minimum atomic E-state index is -2.66. The van der Waals surface area contributed by atoms with Crippen molar-refractivity contribution in [2.75, 3.05) is 19.8 Å². The van der Waals surface area contributed by atoms with Crippen LogP contribution in [-0.2, 0) is 32.1 Å². The molecule has 1 saturated carbocycles. The van der Waals surface area contributed by atoms with Crippen LogP contribution in [0.15, 0.2) is 30.9 Å². The second-order valence-corrected chi connectivity index (χ2v) is 9.02. The summed E-state index contributed by atoms with van der Waals surface area (Å²) >= 11 is -2.66. The summed E-state index contributed by atoms with van der Waals surface area (Å²) in [5.74, 6) is -0.345. The standard InChI is InChI=1S/C21H29NO7S/c1-5-10-27-20(24)16-8-9-17(18(11-16)28-14-15-6-7-15)12-22(30(25)26)13-19(23)29-21(2,3)4/h5,8-9,11,15H,1,6-7,10,12-14H2,2-4H3,(H,25,26)/p-1. The Morgan fingerprint density at radius 2 is 2.03 bits per heavy atom. The zero-order chi connectivity index (χ0) is 22.3. The second kappa shape index (κ2) is 10.7. The van der Waals surface area contributed by atoms with E-state index in [0.717, 1.165) is 17.1 Å². The Kier molecular flexibility index (Phi) is 8.57. The monoisotopic (exact) mass is 438 g/mol. The van der Waals surface area contributed by atoms with Gasteiger partial charge in [0.15, 0.2) is 0 Å². The van der Waals surface area contributed by atoms with E-state index in [9.17, 15) is 18.4 Å². The fourth-order valence-corrected chi connectivity index (χ4v) is 2.98. The number of esters is 2. The molecule has 0 spiro atoms. The predicted octanol–water partition coefficient (Wildman–Crippen LogP) is 2.76. The molecule has 2 rings (SSSR count). The molecule has 0 aromatic heterocycles. The molecule has 1 atom stereocenters. The first-order valence-corrected chi connectivity index (χ1v) is 10.7. The summed E-state index contributed by atoms with van der Waals surface area (Å²) in [6.07, 6.45) is 3.62. The molecule has 1 aliphatic rings. The van der Waals surface area contributed by atoms with E-state index < -0.39 is 35.4 Å². The van der Waals surface area contributed by atoms with Gasteiger partial charge in [0.1, 0.15) is 24.5 Å². The van der Waals surface area contributed by atoms with Crippen LogP contribution >= 0.6 is 0 Å². The van der Waals surface area contributed by atoms with Crippen LogP contribution in [0.3, 0.4) is 0 Å². The Morgan fingerprint density at radius 3 is 2.60 bits per heavy atom. The van der Waals surface area contributed by atoms with Crippen LogP contribution in [0.1, 0.15) is 49.5 Å². The van der Waals surface area contributed by atoms with Crippen molar-refractivity contribution in [2.45, 2.75) is 45.8 Å². The SMILES string of the molecule is C=CCOC(=O)c1ccc(CN(CC(=O)OC(C)(C)C)S(=O)[O-])c(OCC2CC2)c1. The van der Waals surface area contributed by atoms with Crippen molar-refractivity contribution in [3.8, 4) is 5.75 Å². The van der Waals surface area contributed by atoms with E-state index in [1.165, 1.54) is 18.2 Å². The molecule has 1 aromatic rings. The second-order valence-electron chi connectivity index (χ2n) is 8.07. The highest BCUT2D eigenvalue weighted by molar-refractivity contribution is 7.76. The molecule has 0 amide bonds. The third-order valence-corrected chi connectivity index (χ3v) is 4.77. The largest absolute Gasteiger partial charge is 0.760 e. The number of benzene rings is 1. The van der Waals surface area contributed by atoms with Crippen LogP contribution < -0.4 is 4.74 Å². The van der Waals surface area contributed by atoms with Crippen LogP contribution in [-0.4, -0.2) is 50.4 Å². The van der Waals surface area contributed by atoms with Gasteiger partial charge in [0.05, 0.1) is 12.2 Å². The molecular formula is C21H28NO7S-. The number of carbonyl (C=O) groups excluding carboxylic acids is 2. The van der Waals surface area contributed by atoms with Crippen LogP contribution in [0.4, 0.5) is 0 Å². The summed E-state index contributed by atoms with van der Waals surface area (Å²) < 4.78 is 40.4. The lowest BCUT2D eigenvalue weighted by Gasteiger charge is -2.26. The Hall–Kier alpha value is -2.23. The van der Waals surface area contributed by atoms with Gasteiger partial charge in [-0.2, -0.15) is 0 Å². The van der Waals surface area contributed by atoms with Crippen molar-refractivity contribution < 1.29 is 32.6 Å². The van der Waals surface area contributed by atoms with Gasteiger partial charge < -0.3 is 18.8 Å². The van der Waals surface area contributed by atoms with Crippen molar-refractivity contribution in [1.82, 2.24) is 4.31 Å². The summed E-state index contributed by atoms with van der Waals surface area (Å²) in [6, 6.07) is 4.66. The third kappa shape index (κ3) is 8.25. The number of rotatable bonds is 11. The molecule has 0 bridgehead atoms. The topological polar surface area (TPSA) is 105 Å². The molecule has 1 unspecified atom stereocenters. The minimum absolute atomic E-state index is 0.0810. The molecule has 0 N–H and O–H groups in total. The smallest absolute Gasteiger partial charge is 0.338 e. The van der Waals surface area contributed by atoms with Gasteiger partial charge in [-0.25, -0.2) is 9.10 Å². The van der Waals surface area contributed by atoms with Crippen LogP contribution in [0, 0.1) is 5.92 Å². The zero-order valence-corrected chi connectivity index (χ0v) is 18.4. The molecule has 0 heterocycles. The van der Waals surface area contributed by atoms with Gasteiger partial charge in [-0.15, -0.1) is 0 Å². The number of ether oxygens (including phenoxy) is 3. The first-order chi connectivity index (χ1) is 14.1. The average Bonchev–Trinajstić information content (AvgIpc) is 3.47. The van der Waals surface area contributed by atoms with Crippen molar-refractivity contribution in [1.29, 1.82) is 0 Å². The number of carbonyl (C=O) groups is 2. The summed E-state index contributed by atoms with van der Waals surface area (Å²) in [5.41, 5.74) is 0.0936. The van der Waals surface area contributed by atoms with E-state index in [4.69, 9.17) is 14.2 Å². The summed E-state index contributed by atoms with van der Waals surface area (Å²) in [7, 11) is 0. The Morgan fingerprint density at radius 1 is 1.33 bits per heavy atom. The molecule has 1 fully saturated rings. The van der Waals surface area contributed by atoms with E-state index in [1.54, 1.807) is 26.8 Å². The highest BCUT2D eigenvalue weighted by Gasteiger charge is 2.24. The molecule has 8 nitrogen and oxygen atoms in total. The van der Waals surface area contributed by atoms with Crippen molar-refractivity contribution in [3.63, 3.8) is 0 Å². The molecule has 166 valence electrons.